The highest BCUT2D eigenvalue weighted by Gasteiger charge is 2.17. The molecule has 0 saturated heterocycles. The maximum atomic E-state index is 13.0. The van der Waals surface area contributed by atoms with Gasteiger partial charge in [-0.3, -0.25) is 9.78 Å². The molecule has 0 saturated carbocycles. The minimum atomic E-state index is -0.234. The first-order valence-corrected chi connectivity index (χ1v) is 9.17. The SMILES string of the molecule is O=C(c1ccc(Cl)cc1)n1nc(-c2cccnc2)cc1NCc1ccccc1. The lowest BCUT2D eigenvalue weighted by molar-refractivity contribution is 0.0948. The second-order valence-corrected chi connectivity index (χ2v) is 6.66. The van der Waals surface area contributed by atoms with Gasteiger partial charge in [0.2, 0.25) is 0 Å². The smallest absolute Gasteiger partial charge is 0.280 e. The van der Waals surface area contributed by atoms with E-state index in [1.807, 2.05) is 48.5 Å². The van der Waals surface area contributed by atoms with E-state index in [9.17, 15) is 4.79 Å². The van der Waals surface area contributed by atoms with Gasteiger partial charge in [-0.05, 0) is 42.0 Å². The third-order valence-corrected chi connectivity index (χ3v) is 4.52. The Labute approximate surface area is 167 Å². The summed E-state index contributed by atoms with van der Waals surface area (Å²) in [7, 11) is 0. The number of nitrogens with one attached hydrogen (secondary N) is 1. The predicted molar refractivity (Wildman–Crippen MR) is 110 cm³/mol. The molecule has 4 rings (SSSR count). The molecule has 2 heterocycles. The number of hydrogen-bond donors (Lipinski definition) is 1. The fraction of sp³-hybridized carbons (Fsp3) is 0.0455. The molecule has 4 aromatic rings. The van der Waals surface area contributed by atoms with Crippen molar-refractivity contribution in [3.8, 4) is 11.3 Å². The van der Waals surface area contributed by atoms with Gasteiger partial charge in [0.25, 0.3) is 5.91 Å². The fourth-order valence-electron chi connectivity index (χ4n) is 2.82. The van der Waals surface area contributed by atoms with Gasteiger partial charge in [-0.2, -0.15) is 9.78 Å². The Bertz CT molecular complexity index is 1080. The summed E-state index contributed by atoms with van der Waals surface area (Å²) >= 11 is 5.94. The van der Waals surface area contributed by atoms with Crippen molar-refractivity contribution < 1.29 is 4.79 Å². The van der Waals surface area contributed by atoms with E-state index in [-0.39, 0.29) is 5.91 Å². The third kappa shape index (κ3) is 3.94. The van der Waals surface area contributed by atoms with Crippen molar-refractivity contribution in [2.24, 2.45) is 0 Å². The first kappa shape index (κ1) is 17.9. The van der Waals surface area contributed by atoms with Gasteiger partial charge in [0.15, 0.2) is 0 Å². The number of carbonyl (C=O) groups excluding carboxylic acids is 1. The van der Waals surface area contributed by atoms with Crippen LogP contribution in [0.15, 0.2) is 85.2 Å². The Balaban J connectivity index is 1.69. The molecule has 0 atom stereocenters. The summed E-state index contributed by atoms with van der Waals surface area (Å²) in [6.07, 6.45) is 3.42. The minimum Gasteiger partial charge on any atom is -0.366 e. The standard InChI is InChI=1S/C22H17ClN4O/c23-19-10-8-17(9-11-19)22(28)27-21(25-14-16-5-2-1-3-6-16)13-20(26-27)18-7-4-12-24-15-18/h1-13,15,25H,14H2. The quantitative estimate of drug-likeness (QED) is 0.528. The normalized spacial score (nSPS) is 10.6. The van der Waals surface area contributed by atoms with Crippen molar-refractivity contribution in [1.82, 2.24) is 14.8 Å². The van der Waals surface area contributed by atoms with Gasteiger partial charge in [0.1, 0.15) is 5.82 Å². The van der Waals surface area contributed by atoms with E-state index in [2.05, 4.69) is 15.4 Å². The van der Waals surface area contributed by atoms with Crippen LogP contribution in [0.2, 0.25) is 5.02 Å². The van der Waals surface area contributed by atoms with E-state index in [0.717, 1.165) is 11.1 Å². The second kappa shape index (κ2) is 8.06. The Morgan fingerprint density at radius 3 is 2.50 bits per heavy atom. The van der Waals surface area contributed by atoms with Crippen LogP contribution in [-0.4, -0.2) is 20.7 Å². The molecule has 0 spiro atoms. The summed E-state index contributed by atoms with van der Waals surface area (Å²) in [6.45, 7) is 0.576. The Kier molecular flexibility index (Phi) is 5.17. The molecule has 0 unspecified atom stereocenters. The topological polar surface area (TPSA) is 59.8 Å². The van der Waals surface area contributed by atoms with Gasteiger partial charge in [-0.1, -0.05) is 41.9 Å². The van der Waals surface area contributed by atoms with E-state index >= 15 is 0 Å². The van der Waals surface area contributed by atoms with Crippen LogP contribution in [0, 0.1) is 0 Å². The zero-order chi connectivity index (χ0) is 19.3. The lowest BCUT2D eigenvalue weighted by Gasteiger charge is -2.09. The van der Waals surface area contributed by atoms with Gasteiger partial charge in [0.05, 0.1) is 5.69 Å². The number of rotatable bonds is 5. The Hall–Kier alpha value is -3.44. The summed E-state index contributed by atoms with van der Waals surface area (Å²) in [5.74, 6) is 0.380. The van der Waals surface area contributed by atoms with E-state index in [1.54, 1.807) is 36.7 Å². The van der Waals surface area contributed by atoms with Gasteiger partial charge in [0, 0.05) is 41.2 Å². The highest BCUT2D eigenvalue weighted by Crippen LogP contribution is 2.23. The average molecular weight is 389 g/mol. The predicted octanol–water partition coefficient (Wildman–Crippen LogP) is 4.90. The van der Waals surface area contributed by atoms with Crippen LogP contribution in [0.4, 0.5) is 5.82 Å². The van der Waals surface area contributed by atoms with Crippen LogP contribution in [-0.2, 0) is 6.54 Å². The molecule has 6 heteroatoms. The van der Waals surface area contributed by atoms with Crippen LogP contribution >= 0.6 is 11.6 Å². The third-order valence-electron chi connectivity index (χ3n) is 4.27. The molecule has 2 aromatic carbocycles. The zero-order valence-electron chi connectivity index (χ0n) is 14.9. The number of pyridine rings is 1. The fourth-order valence-corrected chi connectivity index (χ4v) is 2.95. The summed E-state index contributed by atoms with van der Waals surface area (Å²) in [5.41, 5.74) is 3.13. The number of benzene rings is 2. The Morgan fingerprint density at radius 1 is 1.00 bits per heavy atom. The van der Waals surface area contributed by atoms with E-state index in [1.165, 1.54) is 4.68 Å². The first-order valence-electron chi connectivity index (χ1n) is 8.79. The molecule has 0 amide bonds. The van der Waals surface area contributed by atoms with Crippen molar-refractivity contribution in [3.63, 3.8) is 0 Å². The molecular formula is C22H17ClN4O. The number of nitrogens with zero attached hydrogens (tertiary/aromatic N) is 3. The van der Waals surface area contributed by atoms with Gasteiger partial charge >= 0.3 is 0 Å². The molecule has 0 bridgehead atoms. The Morgan fingerprint density at radius 2 is 1.79 bits per heavy atom. The maximum Gasteiger partial charge on any atom is 0.280 e. The lowest BCUT2D eigenvalue weighted by Crippen LogP contribution is -2.17. The van der Waals surface area contributed by atoms with Crippen molar-refractivity contribution in [2.45, 2.75) is 6.54 Å². The minimum absolute atomic E-state index is 0.234. The molecule has 28 heavy (non-hydrogen) atoms. The van der Waals surface area contributed by atoms with E-state index < -0.39 is 0 Å². The molecule has 0 aliphatic heterocycles. The molecule has 5 nitrogen and oxygen atoms in total. The monoisotopic (exact) mass is 388 g/mol. The molecular weight excluding hydrogens is 372 g/mol. The lowest BCUT2D eigenvalue weighted by atomic mass is 10.2. The van der Waals surface area contributed by atoms with Gasteiger partial charge in [-0.15, -0.1) is 0 Å². The molecule has 138 valence electrons. The van der Waals surface area contributed by atoms with Crippen molar-refractivity contribution in [1.29, 1.82) is 0 Å². The maximum absolute atomic E-state index is 13.0. The van der Waals surface area contributed by atoms with Crippen molar-refractivity contribution >= 4 is 23.3 Å². The molecule has 0 fully saturated rings. The summed E-state index contributed by atoms with van der Waals surface area (Å²) < 4.78 is 1.38. The second-order valence-electron chi connectivity index (χ2n) is 6.22. The molecule has 0 radical (unpaired) electrons. The van der Waals surface area contributed by atoms with Crippen LogP contribution in [0.5, 0.6) is 0 Å². The molecule has 1 N–H and O–H groups in total. The van der Waals surface area contributed by atoms with Crippen LogP contribution in [0.1, 0.15) is 15.9 Å². The number of hydrogen-bond acceptors (Lipinski definition) is 4. The number of anilines is 1. The van der Waals surface area contributed by atoms with Gasteiger partial charge < -0.3 is 5.32 Å². The van der Waals surface area contributed by atoms with Crippen LogP contribution in [0.3, 0.4) is 0 Å². The first-order chi connectivity index (χ1) is 13.7. The highest BCUT2D eigenvalue weighted by molar-refractivity contribution is 6.30. The van der Waals surface area contributed by atoms with E-state index in [4.69, 9.17) is 11.6 Å². The molecule has 2 aromatic heterocycles. The summed E-state index contributed by atoms with van der Waals surface area (Å²) in [5, 5.41) is 8.42. The summed E-state index contributed by atoms with van der Waals surface area (Å²) in [4.78, 5) is 17.2. The average Bonchev–Trinajstić information content (AvgIpc) is 3.18. The number of halogens is 1. The number of carbonyl (C=O) groups is 1. The van der Waals surface area contributed by atoms with Crippen molar-refractivity contribution in [2.75, 3.05) is 5.32 Å². The zero-order valence-corrected chi connectivity index (χ0v) is 15.7. The van der Waals surface area contributed by atoms with Crippen LogP contribution < -0.4 is 5.32 Å². The van der Waals surface area contributed by atoms with Gasteiger partial charge in [-0.25, -0.2) is 0 Å². The summed E-state index contributed by atoms with van der Waals surface area (Å²) in [6, 6.07) is 22.4. The van der Waals surface area contributed by atoms with Crippen molar-refractivity contribution in [3.05, 3.63) is 101 Å². The van der Waals surface area contributed by atoms with Crippen LogP contribution in [0.25, 0.3) is 11.3 Å². The largest absolute Gasteiger partial charge is 0.366 e. The molecule has 0 aliphatic carbocycles. The number of aromatic nitrogens is 3. The van der Waals surface area contributed by atoms with E-state index in [0.29, 0.717) is 28.6 Å². The molecule has 0 aliphatic rings. The highest BCUT2D eigenvalue weighted by atomic mass is 35.5.